The van der Waals surface area contributed by atoms with Crippen molar-refractivity contribution in [1.29, 1.82) is 0 Å². The summed E-state index contributed by atoms with van der Waals surface area (Å²) in [7, 11) is 0. The average molecular weight is 458 g/mol. The van der Waals surface area contributed by atoms with Crippen LogP contribution >= 0.6 is 0 Å². The predicted octanol–water partition coefficient (Wildman–Crippen LogP) is 9.99. The average Bonchev–Trinajstić information content (AvgIpc) is 3.15. The van der Waals surface area contributed by atoms with Gasteiger partial charge in [0.25, 0.3) is 0 Å². The van der Waals surface area contributed by atoms with E-state index in [0.717, 1.165) is 29.5 Å². The van der Waals surface area contributed by atoms with Gasteiger partial charge in [-0.2, -0.15) is 0 Å². The summed E-state index contributed by atoms with van der Waals surface area (Å²) in [4.78, 5) is 16.4. The second-order valence-electron chi connectivity index (χ2n) is 8.66. The molecule has 1 aliphatic rings. The third-order valence-electron chi connectivity index (χ3n) is 5.16. The molecule has 2 atom stereocenters. The summed E-state index contributed by atoms with van der Waals surface area (Å²) in [5, 5.41) is 0. The molecule has 1 aromatic carbocycles. The third kappa shape index (κ3) is 16.3. The largest absolute Gasteiger partial charge is 0.294 e. The normalized spacial score (nSPS) is 16.3. The zero-order valence-corrected chi connectivity index (χ0v) is 22.8. The summed E-state index contributed by atoms with van der Waals surface area (Å²) in [5.41, 5.74) is 4.40. The summed E-state index contributed by atoms with van der Waals surface area (Å²) < 4.78 is 0. The SMILES string of the molecule is C.C=CC1N=C(C)CC1/C=C/C.CC.CCCC.Cc1ccc(C)c(C(=O)CCC(C)C)c1. The van der Waals surface area contributed by atoms with E-state index in [2.05, 4.69) is 64.4 Å². The number of nitrogens with zero attached hydrogens (tertiary/aromatic N) is 1. The molecule has 0 bridgehead atoms. The monoisotopic (exact) mass is 457 g/mol. The van der Waals surface area contributed by atoms with Gasteiger partial charge in [-0.15, -0.1) is 6.58 Å². The molecule has 1 heterocycles. The first kappa shape index (κ1) is 35.6. The minimum Gasteiger partial charge on any atom is -0.294 e. The Kier molecular flexibility index (Phi) is 23.6. The fourth-order valence-electron chi connectivity index (χ4n) is 3.11. The molecule has 1 aromatic rings. The van der Waals surface area contributed by atoms with Gasteiger partial charge >= 0.3 is 0 Å². The molecule has 2 unspecified atom stereocenters. The van der Waals surface area contributed by atoms with Gasteiger partial charge in [-0.05, 0) is 58.1 Å². The van der Waals surface area contributed by atoms with Crippen molar-refractivity contribution in [2.24, 2.45) is 16.8 Å². The number of rotatable bonds is 7. The molecule has 0 saturated heterocycles. The van der Waals surface area contributed by atoms with E-state index in [1.807, 2.05) is 52.8 Å². The van der Waals surface area contributed by atoms with Crippen molar-refractivity contribution >= 4 is 11.5 Å². The van der Waals surface area contributed by atoms with E-state index in [1.54, 1.807) is 0 Å². The Hall–Kier alpha value is -1.96. The minimum absolute atomic E-state index is 0. The van der Waals surface area contributed by atoms with Crippen molar-refractivity contribution in [2.75, 3.05) is 0 Å². The van der Waals surface area contributed by atoms with Gasteiger partial charge in [-0.3, -0.25) is 9.79 Å². The minimum atomic E-state index is 0. The molecule has 0 radical (unpaired) electrons. The highest BCUT2D eigenvalue weighted by atomic mass is 16.1. The van der Waals surface area contributed by atoms with E-state index < -0.39 is 0 Å². The molecule has 0 aromatic heterocycles. The van der Waals surface area contributed by atoms with Crippen LogP contribution in [0.1, 0.15) is 116 Å². The van der Waals surface area contributed by atoms with Gasteiger partial charge < -0.3 is 0 Å². The van der Waals surface area contributed by atoms with Crippen molar-refractivity contribution in [2.45, 2.75) is 115 Å². The van der Waals surface area contributed by atoms with Crippen LogP contribution in [-0.2, 0) is 0 Å². The topological polar surface area (TPSA) is 29.4 Å². The van der Waals surface area contributed by atoms with Crippen molar-refractivity contribution in [1.82, 2.24) is 0 Å². The number of unbranched alkanes of at least 4 members (excludes halogenated alkanes) is 1. The first-order valence-electron chi connectivity index (χ1n) is 12.6. The molecule has 2 rings (SSSR count). The van der Waals surface area contributed by atoms with E-state index in [9.17, 15) is 4.79 Å². The standard InChI is InChI=1S/C14H20O.C10H15N.C4H10.C2H6.CH4/c1-10(2)5-8-14(15)13-9-11(3)6-7-12(13)4;1-4-6-9-7-8(3)11-10(9)5-2;1-3-4-2;1-2;/h6-7,9-10H,5,8H2,1-4H3;4-6,9-10H,2,7H2,1,3H3;3-4H2,1-2H3;1-2H3;1H4/b;6-4+;;;. The van der Waals surface area contributed by atoms with Crippen LogP contribution in [0.15, 0.2) is 48.0 Å². The van der Waals surface area contributed by atoms with Gasteiger partial charge in [-0.25, -0.2) is 0 Å². The number of carbonyl (C=O) groups excluding carboxylic acids is 1. The quantitative estimate of drug-likeness (QED) is 0.296. The van der Waals surface area contributed by atoms with Gasteiger partial charge in [0, 0.05) is 23.6 Å². The number of ketones is 1. The van der Waals surface area contributed by atoms with Crippen LogP contribution in [0.4, 0.5) is 0 Å². The summed E-state index contributed by atoms with van der Waals surface area (Å²) in [6.07, 6.45) is 11.6. The molecular weight excluding hydrogens is 402 g/mol. The molecule has 0 N–H and O–H groups in total. The molecule has 0 amide bonds. The van der Waals surface area contributed by atoms with Crippen LogP contribution in [0.5, 0.6) is 0 Å². The number of allylic oxidation sites excluding steroid dienone is 1. The van der Waals surface area contributed by atoms with E-state index in [0.29, 0.717) is 24.3 Å². The second kappa shape index (κ2) is 21.9. The fourth-order valence-corrected chi connectivity index (χ4v) is 3.11. The molecule has 33 heavy (non-hydrogen) atoms. The molecule has 0 saturated carbocycles. The van der Waals surface area contributed by atoms with Crippen LogP contribution < -0.4 is 0 Å². The zero-order valence-electron chi connectivity index (χ0n) is 22.8. The molecule has 1 aliphatic heterocycles. The summed E-state index contributed by atoms with van der Waals surface area (Å²) >= 11 is 0. The molecule has 0 aliphatic carbocycles. The zero-order chi connectivity index (χ0) is 25.1. The molecule has 0 fully saturated rings. The van der Waals surface area contributed by atoms with Crippen LogP contribution in [0.3, 0.4) is 0 Å². The van der Waals surface area contributed by atoms with E-state index in [4.69, 9.17) is 0 Å². The third-order valence-corrected chi connectivity index (χ3v) is 5.16. The first-order chi connectivity index (χ1) is 15.2. The number of Topliss-reactive ketones (excluding diaryl/α,β-unsaturated/α-hetero) is 1. The van der Waals surface area contributed by atoms with Crippen LogP contribution in [0.2, 0.25) is 0 Å². The molecule has 190 valence electrons. The van der Waals surface area contributed by atoms with Gasteiger partial charge in [0.2, 0.25) is 0 Å². The first-order valence-corrected chi connectivity index (χ1v) is 12.6. The highest BCUT2D eigenvalue weighted by Crippen LogP contribution is 2.23. The number of aryl methyl sites for hydroxylation is 2. The Morgan fingerprint density at radius 3 is 2.18 bits per heavy atom. The summed E-state index contributed by atoms with van der Waals surface area (Å²) in [6.45, 7) is 24.6. The van der Waals surface area contributed by atoms with Crippen LogP contribution in [0.25, 0.3) is 0 Å². The Labute approximate surface area is 207 Å². The second-order valence-corrected chi connectivity index (χ2v) is 8.66. The summed E-state index contributed by atoms with van der Waals surface area (Å²) in [5.74, 6) is 1.45. The molecular formula is C31H55NO. The Morgan fingerprint density at radius 1 is 1.15 bits per heavy atom. The van der Waals surface area contributed by atoms with E-state index >= 15 is 0 Å². The van der Waals surface area contributed by atoms with E-state index in [-0.39, 0.29) is 13.2 Å². The lowest BCUT2D eigenvalue weighted by Crippen LogP contribution is -2.07. The lowest BCUT2D eigenvalue weighted by Gasteiger charge is -2.07. The Morgan fingerprint density at radius 2 is 1.73 bits per heavy atom. The maximum atomic E-state index is 11.9. The van der Waals surface area contributed by atoms with E-state index in [1.165, 1.54) is 18.6 Å². The van der Waals surface area contributed by atoms with Crippen molar-refractivity contribution in [3.63, 3.8) is 0 Å². The van der Waals surface area contributed by atoms with Gasteiger partial charge in [0.15, 0.2) is 5.78 Å². The predicted molar refractivity (Wildman–Crippen MR) is 153 cm³/mol. The number of hydrogen-bond acceptors (Lipinski definition) is 2. The fraction of sp³-hybridized carbons (Fsp3) is 0.613. The lowest BCUT2D eigenvalue weighted by molar-refractivity contribution is 0.0974. The van der Waals surface area contributed by atoms with Gasteiger partial charge in [0.05, 0.1) is 6.04 Å². The van der Waals surface area contributed by atoms with Gasteiger partial charge in [-0.1, -0.05) is 97.7 Å². The lowest BCUT2D eigenvalue weighted by atomic mass is 9.97. The number of hydrogen-bond donors (Lipinski definition) is 0. The number of benzene rings is 1. The summed E-state index contributed by atoms with van der Waals surface area (Å²) in [6, 6.07) is 6.40. The Bertz CT molecular complexity index is 695. The maximum absolute atomic E-state index is 11.9. The number of carbonyl (C=O) groups is 1. The highest BCUT2D eigenvalue weighted by molar-refractivity contribution is 5.97. The number of aliphatic imine (C=N–C) groups is 1. The van der Waals surface area contributed by atoms with Crippen LogP contribution in [0, 0.1) is 25.7 Å². The van der Waals surface area contributed by atoms with Crippen molar-refractivity contribution < 1.29 is 4.79 Å². The van der Waals surface area contributed by atoms with Crippen LogP contribution in [-0.4, -0.2) is 17.5 Å². The highest BCUT2D eigenvalue weighted by Gasteiger charge is 2.21. The Balaban J connectivity index is -0.000000441. The smallest absolute Gasteiger partial charge is 0.163 e. The van der Waals surface area contributed by atoms with Gasteiger partial charge in [0.1, 0.15) is 0 Å². The molecule has 0 spiro atoms. The molecule has 2 nitrogen and oxygen atoms in total. The molecule has 2 heteroatoms. The maximum Gasteiger partial charge on any atom is 0.163 e. The van der Waals surface area contributed by atoms with Crippen molar-refractivity contribution in [3.8, 4) is 0 Å². The van der Waals surface area contributed by atoms with Crippen molar-refractivity contribution in [3.05, 3.63) is 59.7 Å².